The molecule has 0 aliphatic carbocycles. The van der Waals surface area contributed by atoms with Crippen molar-refractivity contribution in [3.63, 3.8) is 0 Å². The molecule has 102 valence electrons. The van der Waals surface area contributed by atoms with Crippen LogP contribution in [-0.2, 0) is 0 Å². The van der Waals surface area contributed by atoms with Gasteiger partial charge in [0.2, 0.25) is 0 Å². The minimum atomic E-state index is -1.23. The van der Waals surface area contributed by atoms with E-state index in [1.165, 1.54) is 29.3 Å². The highest BCUT2D eigenvalue weighted by atomic mass is 16.4. The Hall–Kier alpha value is -2.41. The molecule has 0 bridgehead atoms. The molecule has 1 aromatic heterocycles. The number of aliphatic hydroxyl groups is 1. The number of nitrogens with one attached hydrogen (secondary N) is 1. The molecule has 1 aromatic rings. The molecular weight excluding hydrogens is 250 g/mol. The normalized spacial score (nSPS) is 9.74. The van der Waals surface area contributed by atoms with Gasteiger partial charge in [0.1, 0.15) is 0 Å². The van der Waals surface area contributed by atoms with Gasteiger partial charge in [-0.15, -0.1) is 6.58 Å². The average Bonchev–Trinajstić information content (AvgIpc) is 2.38. The van der Waals surface area contributed by atoms with E-state index in [0.717, 1.165) is 0 Å². The predicted molar refractivity (Wildman–Crippen MR) is 69.1 cm³/mol. The zero-order valence-corrected chi connectivity index (χ0v) is 10.2. The first-order valence-electron chi connectivity index (χ1n) is 5.56. The van der Waals surface area contributed by atoms with Crippen molar-refractivity contribution in [2.24, 2.45) is 0 Å². The van der Waals surface area contributed by atoms with Crippen molar-refractivity contribution in [2.75, 3.05) is 25.0 Å². The van der Waals surface area contributed by atoms with Crippen LogP contribution in [0.1, 0.15) is 10.5 Å². The fourth-order valence-corrected chi connectivity index (χ4v) is 1.42. The third-order valence-electron chi connectivity index (χ3n) is 2.26. The van der Waals surface area contributed by atoms with Gasteiger partial charge in [-0.1, -0.05) is 6.08 Å². The topological polar surface area (TPSA) is 103 Å². The first-order chi connectivity index (χ1) is 9.10. The van der Waals surface area contributed by atoms with E-state index in [-0.39, 0.29) is 31.1 Å². The van der Waals surface area contributed by atoms with Crippen molar-refractivity contribution < 1.29 is 19.8 Å². The Morgan fingerprint density at radius 2 is 2.26 bits per heavy atom. The zero-order valence-electron chi connectivity index (χ0n) is 10.2. The highest BCUT2D eigenvalue weighted by Gasteiger charge is 2.16. The minimum Gasteiger partial charge on any atom is -0.476 e. The van der Waals surface area contributed by atoms with Gasteiger partial charge in [-0.3, -0.25) is 0 Å². The number of aromatic carboxylic acids is 1. The number of nitrogens with zero attached hydrogens (tertiary/aromatic N) is 2. The van der Waals surface area contributed by atoms with Crippen LogP contribution in [0, 0.1) is 0 Å². The summed E-state index contributed by atoms with van der Waals surface area (Å²) in [5.74, 6) is -1.23. The number of carboxylic acid groups (broad SMARTS) is 1. The van der Waals surface area contributed by atoms with E-state index in [1.807, 2.05) is 0 Å². The summed E-state index contributed by atoms with van der Waals surface area (Å²) in [4.78, 5) is 27.8. The van der Waals surface area contributed by atoms with Crippen LogP contribution in [0.2, 0.25) is 0 Å². The highest BCUT2D eigenvalue weighted by Crippen LogP contribution is 2.12. The second-order valence-corrected chi connectivity index (χ2v) is 3.59. The molecule has 7 heteroatoms. The lowest BCUT2D eigenvalue weighted by atomic mass is 10.3. The number of anilines is 1. The van der Waals surface area contributed by atoms with Gasteiger partial charge in [0, 0.05) is 19.3 Å². The SMILES string of the molecule is C=CCN(CCO)C(=O)Nc1cccnc1C(=O)O. The summed E-state index contributed by atoms with van der Waals surface area (Å²) < 4.78 is 0. The summed E-state index contributed by atoms with van der Waals surface area (Å²) >= 11 is 0. The molecule has 0 atom stereocenters. The van der Waals surface area contributed by atoms with Crippen LogP contribution in [0.15, 0.2) is 31.0 Å². The first-order valence-corrected chi connectivity index (χ1v) is 5.56. The highest BCUT2D eigenvalue weighted by molar-refractivity contribution is 5.98. The summed E-state index contributed by atoms with van der Waals surface area (Å²) in [6, 6.07) is 2.44. The molecule has 0 aromatic carbocycles. The van der Waals surface area contributed by atoms with Gasteiger partial charge in [0.25, 0.3) is 0 Å². The Morgan fingerprint density at radius 3 is 2.84 bits per heavy atom. The lowest BCUT2D eigenvalue weighted by Crippen LogP contribution is -2.37. The number of aliphatic hydroxyl groups excluding tert-OH is 1. The van der Waals surface area contributed by atoms with Crippen LogP contribution >= 0.6 is 0 Å². The summed E-state index contributed by atoms with van der Waals surface area (Å²) in [6.07, 6.45) is 2.84. The summed E-state index contributed by atoms with van der Waals surface area (Å²) in [5.41, 5.74) is -0.134. The van der Waals surface area contributed by atoms with Crippen LogP contribution < -0.4 is 5.32 Å². The van der Waals surface area contributed by atoms with Gasteiger partial charge < -0.3 is 20.4 Å². The number of urea groups is 1. The van der Waals surface area contributed by atoms with Crippen LogP contribution in [0.25, 0.3) is 0 Å². The van der Waals surface area contributed by atoms with Gasteiger partial charge in [0.15, 0.2) is 5.69 Å². The fraction of sp³-hybridized carbons (Fsp3) is 0.250. The summed E-state index contributed by atoms with van der Waals surface area (Å²) in [7, 11) is 0. The minimum absolute atomic E-state index is 0.104. The van der Waals surface area contributed by atoms with E-state index in [1.54, 1.807) is 0 Å². The third kappa shape index (κ3) is 4.07. The quantitative estimate of drug-likeness (QED) is 0.660. The lowest BCUT2D eigenvalue weighted by Gasteiger charge is -2.20. The maximum Gasteiger partial charge on any atom is 0.356 e. The number of hydrogen-bond donors (Lipinski definition) is 3. The van der Waals surface area contributed by atoms with Gasteiger partial charge in [-0.2, -0.15) is 0 Å². The molecule has 7 nitrogen and oxygen atoms in total. The molecule has 0 fully saturated rings. The molecule has 0 saturated heterocycles. The molecular formula is C12H15N3O4. The summed E-state index contributed by atoms with van der Waals surface area (Å²) in [6.45, 7) is 3.68. The number of carboxylic acids is 1. The lowest BCUT2D eigenvalue weighted by molar-refractivity contribution is 0.0691. The standard InChI is InChI=1S/C12H15N3O4/c1-2-6-15(7-8-16)12(19)14-9-4-3-5-13-10(9)11(17)18/h2-5,16H,1,6-8H2,(H,14,19)(H,17,18). The Labute approximate surface area is 110 Å². The van der Waals surface area contributed by atoms with Crippen molar-refractivity contribution in [1.29, 1.82) is 0 Å². The zero-order chi connectivity index (χ0) is 14.3. The van der Waals surface area contributed by atoms with E-state index in [4.69, 9.17) is 10.2 Å². The van der Waals surface area contributed by atoms with Gasteiger partial charge in [0.05, 0.1) is 12.3 Å². The Bertz CT molecular complexity index is 476. The Morgan fingerprint density at radius 1 is 1.53 bits per heavy atom. The molecule has 0 spiro atoms. The van der Waals surface area contributed by atoms with Crippen molar-refractivity contribution in [3.05, 3.63) is 36.7 Å². The largest absolute Gasteiger partial charge is 0.476 e. The molecule has 3 N–H and O–H groups in total. The first kappa shape index (κ1) is 14.7. The van der Waals surface area contributed by atoms with Crippen LogP contribution in [0.5, 0.6) is 0 Å². The fourth-order valence-electron chi connectivity index (χ4n) is 1.42. The van der Waals surface area contributed by atoms with Crippen molar-refractivity contribution >= 4 is 17.7 Å². The summed E-state index contributed by atoms with van der Waals surface area (Å²) in [5, 5.41) is 20.2. The van der Waals surface area contributed by atoms with Crippen LogP contribution in [0.4, 0.5) is 10.5 Å². The molecule has 0 aliphatic rings. The molecule has 0 aliphatic heterocycles. The monoisotopic (exact) mass is 265 g/mol. The van der Waals surface area contributed by atoms with Crippen molar-refractivity contribution in [2.45, 2.75) is 0 Å². The predicted octanol–water partition coefficient (Wildman–Crippen LogP) is 0.792. The van der Waals surface area contributed by atoms with Crippen molar-refractivity contribution in [1.82, 2.24) is 9.88 Å². The molecule has 1 rings (SSSR count). The number of carbonyl (C=O) groups is 2. The molecule has 0 saturated carbocycles. The van der Waals surface area contributed by atoms with E-state index in [9.17, 15) is 9.59 Å². The average molecular weight is 265 g/mol. The molecule has 19 heavy (non-hydrogen) atoms. The van der Waals surface area contributed by atoms with Crippen LogP contribution in [-0.4, -0.2) is 51.8 Å². The number of carbonyl (C=O) groups excluding carboxylic acids is 1. The van der Waals surface area contributed by atoms with Gasteiger partial charge in [-0.25, -0.2) is 14.6 Å². The number of rotatable bonds is 6. The smallest absolute Gasteiger partial charge is 0.356 e. The Kier molecular flexibility index (Phi) is 5.49. The second kappa shape index (κ2) is 7.12. The number of pyridine rings is 1. The van der Waals surface area contributed by atoms with Crippen molar-refractivity contribution in [3.8, 4) is 0 Å². The molecule has 1 heterocycles. The molecule has 0 radical (unpaired) electrons. The number of aromatic nitrogens is 1. The molecule has 2 amide bonds. The number of hydrogen-bond acceptors (Lipinski definition) is 4. The second-order valence-electron chi connectivity index (χ2n) is 3.59. The van der Waals surface area contributed by atoms with Gasteiger partial charge >= 0.3 is 12.0 Å². The maximum absolute atomic E-state index is 11.9. The van der Waals surface area contributed by atoms with E-state index >= 15 is 0 Å². The maximum atomic E-state index is 11.9. The Balaban J connectivity index is 2.85. The third-order valence-corrected chi connectivity index (χ3v) is 2.26. The van der Waals surface area contributed by atoms with E-state index in [0.29, 0.717) is 0 Å². The molecule has 0 unspecified atom stereocenters. The van der Waals surface area contributed by atoms with E-state index < -0.39 is 12.0 Å². The van der Waals surface area contributed by atoms with Crippen LogP contribution in [0.3, 0.4) is 0 Å². The number of amides is 2. The van der Waals surface area contributed by atoms with E-state index in [2.05, 4.69) is 16.9 Å². The van der Waals surface area contributed by atoms with Gasteiger partial charge in [-0.05, 0) is 12.1 Å².